The van der Waals surface area contributed by atoms with Crippen LogP contribution in [0.3, 0.4) is 0 Å². The summed E-state index contributed by atoms with van der Waals surface area (Å²) in [5, 5.41) is 0. The molecule has 0 unspecified atom stereocenters. The zero-order chi connectivity index (χ0) is 15.2. The second kappa shape index (κ2) is 7.27. The lowest BCUT2D eigenvalue weighted by Crippen LogP contribution is -2.07. The summed E-state index contributed by atoms with van der Waals surface area (Å²) in [6.07, 6.45) is 0.789. The molecule has 3 nitrogen and oxygen atoms in total. The maximum Gasteiger partial charge on any atom is 0.161 e. The Bertz CT molecular complexity index is 638. The van der Waals surface area contributed by atoms with E-state index in [1.807, 2.05) is 42.5 Å². The van der Waals surface area contributed by atoms with Crippen LogP contribution < -0.4 is 9.47 Å². The van der Waals surface area contributed by atoms with Crippen LogP contribution in [0, 0.1) is 0 Å². The van der Waals surface area contributed by atoms with Crippen LogP contribution in [-0.2, 0) is 17.6 Å². The van der Waals surface area contributed by atoms with Crippen molar-refractivity contribution in [1.82, 2.24) is 0 Å². The van der Waals surface area contributed by atoms with E-state index in [9.17, 15) is 4.79 Å². The standard InChI is InChI=1S/C17H17BrO3/c1-20-16-8-7-12(10-17(16)21-2)9-14(19)11-13-5-3-4-6-15(13)18/h3-8,10H,9,11H2,1-2H3. The molecule has 0 heterocycles. The van der Waals surface area contributed by atoms with Gasteiger partial charge in [0, 0.05) is 17.3 Å². The number of rotatable bonds is 6. The molecule has 0 N–H and O–H groups in total. The summed E-state index contributed by atoms with van der Waals surface area (Å²) in [6.45, 7) is 0. The van der Waals surface area contributed by atoms with E-state index in [2.05, 4.69) is 15.9 Å². The van der Waals surface area contributed by atoms with Crippen molar-refractivity contribution in [3.63, 3.8) is 0 Å². The molecule has 0 spiro atoms. The van der Waals surface area contributed by atoms with Crippen LogP contribution in [0.25, 0.3) is 0 Å². The number of hydrogen-bond donors (Lipinski definition) is 0. The number of halogens is 1. The number of carbonyl (C=O) groups is 1. The number of ketones is 1. The fourth-order valence-corrected chi connectivity index (χ4v) is 2.56. The first-order valence-corrected chi connectivity index (χ1v) is 7.39. The number of Topliss-reactive ketones (excluding diaryl/α,β-unsaturated/α-hetero) is 1. The van der Waals surface area contributed by atoms with Crippen molar-refractivity contribution in [2.45, 2.75) is 12.8 Å². The summed E-state index contributed by atoms with van der Waals surface area (Å²) in [5.41, 5.74) is 1.92. The van der Waals surface area contributed by atoms with Gasteiger partial charge in [0.2, 0.25) is 0 Å². The third-order valence-corrected chi connectivity index (χ3v) is 3.97. The highest BCUT2D eigenvalue weighted by atomic mass is 79.9. The first-order chi connectivity index (χ1) is 10.1. The normalized spacial score (nSPS) is 10.2. The maximum atomic E-state index is 12.2. The van der Waals surface area contributed by atoms with Crippen molar-refractivity contribution in [1.29, 1.82) is 0 Å². The molecule has 2 aromatic carbocycles. The number of methoxy groups -OCH3 is 2. The maximum absolute atomic E-state index is 12.2. The van der Waals surface area contributed by atoms with E-state index in [-0.39, 0.29) is 5.78 Å². The van der Waals surface area contributed by atoms with Crippen LogP contribution in [0.2, 0.25) is 0 Å². The Morgan fingerprint density at radius 1 is 1.00 bits per heavy atom. The third kappa shape index (κ3) is 4.08. The van der Waals surface area contributed by atoms with Crippen molar-refractivity contribution < 1.29 is 14.3 Å². The molecule has 2 aromatic rings. The van der Waals surface area contributed by atoms with Gasteiger partial charge in [0.15, 0.2) is 11.5 Å². The summed E-state index contributed by atoms with van der Waals surface area (Å²) in [6, 6.07) is 13.3. The molecule has 0 bridgehead atoms. The lowest BCUT2D eigenvalue weighted by Gasteiger charge is -2.09. The van der Waals surface area contributed by atoms with Gasteiger partial charge in [0.05, 0.1) is 14.2 Å². The molecule has 110 valence electrons. The molecule has 21 heavy (non-hydrogen) atoms. The molecule has 0 aliphatic heterocycles. The van der Waals surface area contributed by atoms with E-state index >= 15 is 0 Å². The Labute approximate surface area is 133 Å². The van der Waals surface area contributed by atoms with E-state index in [1.165, 1.54) is 0 Å². The van der Waals surface area contributed by atoms with Gasteiger partial charge in [-0.2, -0.15) is 0 Å². The summed E-state index contributed by atoms with van der Waals surface area (Å²) >= 11 is 3.46. The molecule has 0 amide bonds. The highest BCUT2D eigenvalue weighted by Gasteiger charge is 2.10. The Balaban J connectivity index is 2.08. The van der Waals surface area contributed by atoms with Gasteiger partial charge in [-0.1, -0.05) is 40.2 Å². The van der Waals surface area contributed by atoms with Crippen LogP contribution in [0.5, 0.6) is 11.5 Å². The van der Waals surface area contributed by atoms with Gasteiger partial charge in [0.1, 0.15) is 5.78 Å². The minimum atomic E-state index is 0.161. The topological polar surface area (TPSA) is 35.5 Å². The molecule has 0 aliphatic carbocycles. The average Bonchev–Trinajstić information content (AvgIpc) is 2.49. The fraction of sp³-hybridized carbons (Fsp3) is 0.235. The molecular weight excluding hydrogens is 332 g/mol. The third-order valence-electron chi connectivity index (χ3n) is 3.19. The number of carbonyl (C=O) groups excluding carboxylic acids is 1. The molecule has 4 heteroatoms. The highest BCUT2D eigenvalue weighted by Crippen LogP contribution is 2.28. The molecule has 0 fully saturated rings. The summed E-state index contributed by atoms with van der Waals surface area (Å²) in [5.74, 6) is 1.47. The molecule has 0 saturated carbocycles. The SMILES string of the molecule is COc1ccc(CC(=O)Cc2ccccc2Br)cc1OC. The van der Waals surface area contributed by atoms with Crippen LogP contribution >= 0.6 is 15.9 Å². The zero-order valence-corrected chi connectivity index (χ0v) is 13.6. The van der Waals surface area contributed by atoms with Gasteiger partial charge in [-0.25, -0.2) is 0 Å². The van der Waals surface area contributed by atoms with Crippen LogP contribution in [-0.4, -0.2) is 20.0 Å². The van der Waals surface area contributed by atoms with Crippen molar-refractivity contribution in [3.05, 3.63) is 58.1 Å². The largest absolute Gasteiger partial charge is 0.493 e. The predicted molar refractivity (Wildman–Crippen MR) is 86.1 cm³/mol. The minimum absolute atomic E-state index is 0.161. The van der Waals surface area contributed by atoms with Gasteiger partial charge >= 0.3 is 0 Å². The molecule has 0 saturated heterocycles. The zero-order valence-electron chi connectivity index (χ0n) is 12.1. The average molecular weight is 349 g/mol. The van der Waals surface area contributed by atoms with Crippen LogP contribution in [0.4, 0.5) is 0 Å². The first kappa shape index (κ1) is 15.6. The molecule has 2 rings (SSSR count). The van der Waals surface area contributed by atoms with Gasteiger partial charge in [-0.15, -0.1) is 0 Å². The summed E-state index contributed by atoms with van der Waals surface area (Å²) < 4.78 is 11.4. The van der Waals surface area contributed by atoms with Crippen molar-refractivity contribution >= 4 is 21.7 Å². The molecule has 0 aromatic heterocycles. The Hall–Kier alpha value is -1.81. The first-order valence-electron chi connectivity index (χ1n) is 6.60. The Morgan fingerprint density at radius 2 is 1.71 bits per heavy atom. The van der Waals surface area contributed by atoms with Crippen molar-refractivity contribution in [3.8, 4) is 11.5 Å². The molecule has 0 radical (unpaired) electrons. The lowest BCUT2D eigenvalue weighted by molar-refractivity contribution is -0.117. The van der Waals surface area contributed by atoms with E-state index in [4.69, 9.17) is 9.47 Å². The fourth-order valence-electron chi connectivity index (χ4n) is 2.13. The molecule has 0 aliphatic rings. The van der Waals surface area contributed by atoms with Gasteiger partial charge in [-0.3, -0.25) is 4.79 Å². The highest BCUT2D eigenvalue weighted by molar-refractivity contribution is 9.10. The van der Waals surface area contributed by atoms with Gasteiger partial charge in [-0.05, 0) is 29.3 Å². The second-order valence-electron chi connectivity index (χ2n) is 4.67. The predicted octanol–water partition coefficient (Wildman–Crippen LogP) is 3.82. The van der Waals surface area contributed by atoms with Gasteiger partial charge in [0.25, 0.3) is 0 Å². The Morgan fingerprint density at radius 3 is 2.38 bits per heavy atom. The van der Waals surface area contributed by atoms with Gasteiger partial charge < -0.3 is 9.47 Å². The van der Waals surface area contributed by atoms with Crippen LogP contribution in [0.1, 0.15) is 11.1 Å². The second-order valence-corrected chi connectivity index (χ2v) is 5.53. The van der Waals surface area contributed by atoms with E-state index in [0.717, 1.165) is 15.6 Å². The monoisotopic (exact) mass is 348 g/mol. The minimum Gasteiger partial charge on any atom is -0.493 e. The lowest BCUT2D eigenvalue weighted by atomic mass is 10.0. The van der Waals surface area contributed by atoms with E-state index in [0.29, 0.717) is 24.3 Å². The van der Waals surface area contributed by atoms with Crippen LogP contribution in [0.15, 0.2) is 46.9 Å². The Kier molecular flexibility index (Phi) is 5.39. The number of ether oxygens (including phenoxy) is 2. The van der Waals surface area contributed by atoms with Crippen molar-refractivity contribution in [2.24, 2.45) is 0 Å². The summed E-state index contributed by atoms with van der Waals surface area (Å²) in [7, 11) is 3.18. The summed E-state index contributed by atoms with van der Waals surface area (Å²) in [4.78, 5) is 12.2. The quantitative estimate of drug-likeness (QED) is 0.795. The number of benzene rings is 2. The molecular formula is C17H17BrO3. The smallest absolute Gasteiger partial charge is 0.161 e. The van der Waals surface area contributed by atoms with E-state index in [1.54, 1.807) is 14.2 Å². The van der Waals surface area contributed by atoms with Crippen molar-refractivity contribution in [2.75, 3.05) is 14.2 Å². The molecule has 0 atom stereocenters. The van der Waals surface area contributed by atoms with E-state index < -0.39 is 0 Å². The number of hydrogen-bond acceptors (Lipinski definition) is 3.